The molecule has 2 aromatic heterocycles. The monoisotopic (exact) mass is 376 g/mol. The zero-order valence-corrected chi connectivity index (χ0v) is 15.0. The van der Waals surface area contributed by atoms with Gasteiger partial charge in [-0.2, -0.15) is 9.78 Å². The number of hydrogen-bond acceptors (Lipinski definition) is 8. The predicted octanol–water partition coefficient (Wildman–Crippen LogP) is 2.59. The molecule has 1 aliphatic rings. The number of para-hydroxylation sites is 2. The molecule has 140 valence electrons. The SMILES string of the molecule is Cc1ccc(-c2nnn(Cc3noc([C@@H]4COc5ccccc5O4)n3)n2)cc1. The molecular formula is C19H16N6O3. The van der Waals surface area contributed by atoms with Gasteiger partial charge in [-0.1, -0.05) is 47.1 Å². The van der Waals surface area contributed by atoms with Gasteiger partial charge in [0.2, 0.25) is 11.9 Å². The number of aryl methyl sites for hydroxylation is 1. The Hall–Kier alpha value is -3.75. The molecule has 0 saturated heterocycles. The van der Waals surface area contributed by atoms with Crippen LogP contribution in [0, 0.1) is 6.92 Å². The lowest BCUT2D eigenvalue weighted by atomic mass is 10.1. The summed E-state index contributed by atoms with van der Waals surface area (Å²) in [5.41, 5.74) is 2.07. The van der Waals surface area contributed by atoms with E-state index in [1.807, 2.05) is 55.5 Å². The number of rotatable bonds is 4. The highest BCUT2D eigenvalue weighted by atomic mass is 16.6. The van der Waals surface area contributed by atoms with Crippen molar-refractivity contribution >= 4 is 0 Å². The Bertz CT molecular complexity index is 1100. The van der Waals surface area contributed by atoms with Crippen molar-refractivity contribution in [1.82, 2.24) is 30.3 Å². The summed E-state index contributed by atoms with van der Waals surface area (Å²) < 4.78 is 16.9. The summed E-state index contributed by atoms with van der Waals surface area (Å²) in [6.07, 6.45) is -0.456. The second-order valence-corrected chi connectivity index (χ2v) is 6.42. The van der Waals surface area contributed by atoms with Crippen LogP contribution in [0.15, 0.2) is 53.1 Å². The molecule has 28 heavy (non-hydrogen) atoms. The normalized spacial score (nSPS) is 15.5. The Morgan fingerprint density at radius 1 is 1.07 bits per heavy atom. The largest absolute Gasteiger partial charge is 0.485 e. The third-order valence-electron chi connectivity index (χ3n) is 4.31. The van der Waals surface area contributed by atoms with E-state index in [-0.39, 0.29) is 6.54 Å². The van der Waals surface area contributed by atoms with Gasteiger partial charge in [-0.05, 0) is 24.3 Å². The van der Waals surface area contributed by atoms with Crippen LogP contribution >= 0.6 is 0 Å². The number of aromatic nitrogens is 6. The van der Waals surface area contributed by atoms with E-state index < -0.39 is 6.10 Å². The maximum atomic E-state index is 5.88. The summed E-state index contributed by atoms with van der Waals surface area (Å²) in [7, 11) is 0. The van der Waals surface area contributed by atoms with E-state index in [0.29, 0.717) is 35.6 Å². The van der Waals surface area contributed by atoms with Crippen molar-refractivity contribution in [2.45, 2.75) is 19.6 Å². The maximum Gasteiger partial charge on any atom is 0.271 e. The number of benzene rings is 2. The molecule has 0 amide bonds. The van der Waals surface area contributed by atoms with E-state index in [0.717, 1.165) is 5.56 Å². The molecule has 9 heteroatoms. The molecule has 0 N–H and O–H groups in total. The lowest BCUT2D eigenvalue weighted by molar-refractivity contribution is 0.0665. The van der Waals surface area contributed by atoms with E-state index >= 15 is 0 Å². The molecule has 3 heterocycles. The smallest absolute Gasteiger partial charge is 0.271 e. The van der Waals surface area contributed by atoms with Crippen LogP contribution < -0.4 is 9.47 Å². The summed E-state index contributed by atoms with van der Waals surface area (Å²) in [6.45, 7) is 2.58. The molecule has 0 radical (unpaired) electrons. The zero-order valence-electron chi connectivity index (χ0n) is 15.0. The first kappa shape index (κ1) is 16.4. The van der Waals surface area contributed by atoms with Gasteiger partial charge in [0, 0.05) is 5.56 Å². The van der Waals surface area contributed by atoms with Crippen molar-refractivity contribution in [2.75, 3.05) is 6.61 Å². The van der Waals surface area contributed by atoms with Crippen LogP contribution in [0.2, 0.25) is 0 Å². The first-order valence-electron chi connectivity index (χ1n) is 8.80. The van der Waals surface area contributed by atoms with E-state index in [1.54, 1.807) is 0 Å². The fourth-order valence-electron chi connectivity index (χ4n) is 2.86. The minimum Gasteiger partial charge on any atom is -0.485 e. The van der Waals surface area contributed by atoms with Gasteiger partial charge >= 0.3 is 0 Å². The van der Waals surface area contributed by atoms with Crippen molar-refractivity contribution in [3.05, 3.63) is 65.8 Å². The predicted molar refractivity (Wildman–Crippen MR) is 96.7 cm³/mol. The molecule has 0 fully saturated rings. The summed E-state index contributed by atoms with van der Waals surface area (Å²) in [6, 6.07) is 15.4. The van der Waals surface area contributed by atoms with Crippen LogP contribution in [0.1, 0.15) is 23.4 Å². The molecule has 0 aliphatic carbocycles. The lowest BCUT2D eigenvalue weighted by Crippen LogP contribution is -2.21. The molecule has 0 spiro atoms. The molecule has 2 aromatic carbocycles. The molecule has 9 nitrogen and oxygen atoms in total. The second kappa shape index (κ2) is 6.76. The van der Waals surface area contributed by atoms with E-state index in [9.17, 15) is 0 Å². The Labute approximate surface area is 159 Å². The highest BCUT2D eigenvalue weighted by Gasteiger charge is 2.27. The molecule has 0 unspecified atom stereocenters. The van der Waals surface area contributed by atoms with Gasteiger partial charge < -0.3 is 14.0 Å². The molecule has 1 aliphatic heterocycles. The topological polar surface area (TPSA) is 101 Å². The average molecular weight is 376 g/mol. The number of ether oxygens (including phenoxy) is 2. The van der Waals surface area contributed by atoms with Crippen LogP contribution in [0.3, 0.4) is 0 Å². The van der Waals surface area contributed by atoms with E-state index in [4.69, 9.17) is 14.0 Å². The molecule has 0 saturated carbocycles. The Balaban J connectivity index is 1.29. The van der Waals surface area contributed by atoms with Crippen molar-refractivity contribution in [2.24, 2.45) is 0 Å². The minimum atomic E-state index is -0.456. The summed E-state index contributed by atoms with van der Waals surface area (Å²) >= 11 is 0. The first-order chi connectivity index (χ1) is 13.7. The van der Waals surface area contributed by atoms with Crippen molar-refractivity contribution < 1.29 is 14.0 Å². The van der Waals surface area contributed by atoms with Gasteiger partial charge in [-0.3, -0.25) is 0 Å². The highest BCUT2D eigenvalue weighted by molar-refractivity contribution is 5.54. The first-order valence-corrected chi connectivity index (χ1v) is 8.80. The summed E-state index contributed by atoms with van der Waals surface area (Å²) in [5, 5.41) is 16.5. The van der Waals surface area contributed by atoms with Gasteiger partial charge in [0.25, 0.3) is 5.89 Å². The standard InChI is InChI=1S/C19H16N6O3/c1-12-6-8-13(9-7-12)18-21-24-25(22-18)10-17-20-19(28-23-17)16-11-26-14-4-2-3-5-15(14)27-16/h2-9,16H,10-11H2,1H3/t16-/m0/s1. The number of nitrogens with zero attached hydrogens (tertiary/aromatic N) is 6. The van der Waals surface area contributed by atoms with Crippen LogP contribution in [0.25, 0.3) is 11.4 Å². The Morgan fingerprint density at radius 2 is 1.89 bits per heavy atom. The third-order valence-corrected chi connectivity index (χ3v) is 4.31. The van der Waals surface area contributed by atoms with Gasteiger partial charge in [-0.25, -0.2) is 0 Å². The van der Waals surface area contributed by atoms with Gasteiger partial charge in [0.15, 0.2) is 17.3 Å². The van der Waals surface area contributed by atoms with Crippen molar-refractivity contribution in [3.63, 3.8) is 0 Å². The van der Waals surface area contributed by atoms with Crippen molar-refractivity contribution in [1.29, 1.82) is 0 Å². The van der Waals surface area contributed by atoms with Gasteiger partial charge in [0.05, 0.1) is 0 Å². The fraction of sp³-hybridized carbons (Fsp3) is 0.211. The molecule has 4 aromatic rings. The minimum absolute atomic E-state index is 0.243. The molecular weight excluding hydrogens is 360 g/mol. The van der Waals surface area contributed by atoms with Crippen LogP contribution in [0.5, 0.6) is 11.5 Å². The summed E-state index contributed by atoms with van der Waals surface area (Å²) in [4.78, 5) is 5.81. The van der Waals surface area contributed by atoms with Crippen LogP contribution in [0.4, 0.5) is 0 Å². The van der Waals surface area contributed by atoms with Crippen LogP contribution in [-0.4, -0.2) is 37.0 Å². The number of hydrogen-bond donors (Lipinski definition) is 0. The fourth-order valence-corrected chi connectivity index (χ4v) is 2.86. The molecule has 1 atom stereocenters. The highest BCUT2D eigenvalue weighted by Crippen LogP contribution is 2.35. The van der Waals surface area contributed by atoms with E-state index in [1.165, 1.54) is 10.4 Å². The number of tetrazole rings is 1. The molecule has 5 rings (SSSR count). The van der Waals surface area contributed by atoms with Crippen molar-refractivity contribution in [3.8, 4) is 22.9 Å². The quantitative estimate of drug-likeness (QED) is 0.536. The Kier molecular flexibility index (Phi) is 3.97. The number of fused-ring (bicyclic) bond motifs is 1. The average Bonchev–Trinajstić information content (AvgIpc) is 3.38. The maximum absolute atomic E-state index is 5.88. The molecule has 0 bridgehead atoms. The zero-order chi connectivity index (χ0) is 18.9. The lowest BCUT2D eigenvalue weighted by Gasteiger charge is -2.23. The van der Waals surface area contributed by atoms with Gasteiger partial charge in [-0.15, -0.1) is 10.2 Å². The Morgan fingerprint density at radius 3 is 2.75 bits per heavy atom. The third kappa shape index (κ3) is 3.18. The van der Waals surface area contributed by atoms with E-state index in [2.05, 4.69) is 25.6 Å². The van der Waals surface area contributed by atoms with Crippen LogP contribution in [-0.2, 0) is 6.54 Å². The second-order valence-electron chi connectivity index (χ2n) is 6.42. The summed E-state index contributed by atoms with van der Waals surface area (Å²) in [5.74, 6) is 2.69. The van der Waals surface area contributed by atoms with Gasteiger partial charge in [0.1, 0.15) is 13.2 Å².